The van der Waals surface area contributed by atoms with Gasteiger partial charge in [0.05, 0.1) is 11.7 Å². The van der Waals surface area contributed by atoms with Gasteiger partial charge in [-0.2, -0.15) is 0 Å². The first-order valence-electron chi connectivity index (χ1n) is 10.4. The van der Waals surface area contributed by atoms with Gasteiger partial charge >= 0.3 is 12.0 Å². The van der Waals surface area contributed by atoms with Crippen LogP contribution in [0.15, 0.2) is 67.0 Å². The third-order valence-corrected chi connectivity index (χ3v) is 5.52. The first-order valence-corrected chi connectivity index (χ1v) is 10.4. The Labute approximate surface area is 187 Å². The number of carboxylic acids is 1. The molecule has 2 aromatic carbocycles. The Bertz CT molecular complexity index is 991. The maximum absolute atomic E-state index is 12.8. The highest BCUT2D eigenvalue weighted by atomic mass is 16.4. The number of benzene rings is 2. The summed E-state index contributed by atoms with van der Waals surface area (Å²) in [5.41, 5.74) is 8.46. The highest BCUT2D eigenvalue weighted by Crippen LogP contribution is 2.32. The highest BCUT2D eigenvalue weighted by Gasteiger charge is 2.54. The fourth-order valence-corrected chi connectivity index (χ4v) is 3.86. The number of likely N-dealkylation sites (tertiary alicyclic amines) is 1. The van der Waals surface area contributed by atoms with Gasteiger partial charge < -0.3 is 21.1 Å². The van der Waals surface area contributed by atoms with Crippen molar-refractivity contribution in [2.45, 2.75) is 25.4 Å². The molecule has 0 bridgehead atoms. The molecule has 8 nitrogen and oxygen atoms in total. The van der Waals surface area contributed by atoms with E-state index in [9.17, 15) is 19.5 Å². The van der Waals surface area contributed by atoms with Crippen molar-refractivity contribution in [1.82, 2.24) is 15.1 Å². The molecule has 32 heavy (non-hydrogen) atoms. The molecule has 0 aromatic heterocycles. The standard InChI is InChI=1S/C24H28N4O4/c1-16(25)26-14-6-9-20-21(23(30)31)28(22(20)29)24(32)27(2)15-17-10-12-19(13-11-17)18-7-4-3-5-8-18/h3-5,7-8,10-13,20-21,26H,1,6,9,14-15,25H2,2H3,(H,30,31)/t20-,21?/m0/s1. The molecule has 2 atom stereocenters. The number of carboxylic acid groups (broad SMARTS) is 1. The van der Waals surface area contributed by atoms with Gasteiger partial charge in [0.15, 0.2) is 6.04 Å². The molecule has 0 saturated carbocycles. The van der Waals surface area contributed by atoms with Gasteiger partial charge in [0.25, 0.3) is 0 Å². The van der Waals surface area contributed by atoms with E-state index in [1.165, 1.54) is 4.90 Å². The number of hydrogen-bond donors (Lipinski definition) is 3. The lowest BCUT2D eigenvalue weighted by Gasteiger charge is -2.44. The van der Waals surface area contributed by atoms with Gasteiger partial charge in [-0.25, -0.2) is 14.5 Å². The summed E-state index contributed by atoms with van der Waals surface area (Å²) in [4.78, 5) is 39.3. The Morgan fingerprint density at radius 3 is 2.34 bits per heavy atom. The molecule has 1 unspecified atom stereocenters. The highest BCUT2D eigenvalue weighted by molar-refractivity contribution is 6.07. The van der Waals surface area contributed by atoms with Gasteiger partial charge in [0, 0.05) is 20.1 Å². The third kappa shape index (κ3) is 5.08. The van der Waals surface area contributed by atoms with Gasteiger partial charge in [-0.3, -0.25) is 4.79 Å². The van der Waals surface area contributed by atoms with Crippen molar-refractivity contribution in [2.75, 3.05) is 13.6 Å². The molecule has 2 aromatic rings. The number of carbonyl (C=O) groups excluding carboxylic acids is 2. The van der Waals surface area contributed by atoms with Crippen LogP contribution in [0.2, 0.25) is 0 Å². The van der Waals surface area contributed by atoms with Crippen LogP contribution >= 0.6 is 0 Å². The molecule has 1 aliphatic heterocycles. The summed E-state index contributed by atoms with van der Waals surface area (Å²) in [5.74, 6) is -2.04. The van der Waals surface area contributed by atoms with E-state index >= 15 is 0 Å². The van der Waals surface area contributed by atoms with Crippen molar-refractivity contribution >= 4 is 17.9 Å². The largest absolute Gasteiger partial charge is 0.480 e. The predicted molar refractivity (Wildman–Crippen MR) is 121 cm³/mol. The Morgan fingerprint density at radius 1 is 1.12 bits per heavy atom. The third-order valence-electron chi connectivity index (χ3n) is 5.52. The molecular weight excluding hydrogens is 408 g/mol. The van der Waals surface area contributed by atoms with Gasteiger partial charge in [0.1, 0.15) is 0 Å². The number of nitrogens with one attached hydrogen (secondary N) is 1. The molecule has 8 heteroatoms. The van der Waals surface area contributed by atoms with E-state index in [1.54, 1.807) is 7.05 Å². The molecule has 4 N–H and O–H groups in total. The minimum atomic E-state index is -1.18. The Hall–Kier alpha value is -3.81. The van der Waals surface area contributed by atoms with Crippen LogP contribution in [0.25, 0.3) is 11.1 Å². The van der Waals surface area contributed by atoms with E-state index in [1.807, 2.05) is 54.6 Å². The number of nitrogens with two attached hydrogens (primary N) is 1. The molecule has 1 heterocycles. The minimum absolute atomic E-state index is 0.261. The number of hydrogen-bond acceptors (Lipinski definition) is 5. The predicted octanol–water partition coefficient (Wildman–Crippen LogP) is 2.62. The van der Waals surface area contributed by atoms with Gasteiger partial charge in [-0.15, -0.1) is 0 Å². The average molecular weight is 437 g/mol. The summed E-state index contributed by atoms with van der Waals surface area (Å²) in [6.45, 7) is 4.27. The number of carbonyl (C=O) groups is 3. The van der Waals surface area contributed by atoms with Crippen LogP contribution < -0.4 is 11.1 Å². The molecule has 0 spiro atoms. The summed E-state index contributed by atoms with van der Waals surface area (Å²) >= 11 is 0. The summed E-state index contributed by atoms with van der Waals surface area (Å²) in [7, 11) is 1.56. The second-order valence-electron chi connectivity index (χ2n) is 7.89. The van der Waals surface area contributed by atoms with Crippen molar-refractivity contribution < 1.29 is 19.5 Å². The molecule has 1 aliphatic rings. The van der Waals surface area contributed by atoms with Crippen LogP contribution in [-0.2, 0) is 16.1 Å². The number of rotatable bonds is 9. The maximum atomic E-state index is 12.8. The lowest BCUT2D eigenvalue weighted by atomic mass is 9.84. The zero-order chi connectivity index (χ0) is 23.3. The van der Waals surface area contributed by atoms with Crippen LogP contribution in [-0.4, -0.2) is 52.4 Å². The topological polar surface area (TPSA) is 116 Å². The first kappa shape index (κ1) is 22.9. The molecule has 3 amide bonds. The van der Waals surface area contributed by atoms with Crippen LogP contribution in [0, 0.1) is 5.92 Å². The first-order chi connectivity index (χ1) is 15.3. The van der Waals surface area contributed by atoms with Crippen molar-refractivity contribution in [3.8, 4) is 11.1 Å². The number of aliphatic carboxylic acids is 1. The molecule has 3 rings (SSSR count). The van der Waals surface area contributed by atoms with Crippen molar-refractivity contribution in [2.24, 2.45) is 11.7 Å². The Balaban J connectivity index is 1.60. The van der Waals surface area contributed by atoms with E-state index in [0.29, 0.717) is 25.2 Å². The van der Waals surface area contributed by atoms with Crippen molar-refractivity contribution in [1.29, 1.82) is 0 Å². The summed E-state index contributed by atoms with van der Waals surface area (Å²) in [6, 6.07) is 15.9. The SMILES string of the molecule is C=C(N)NCCC[C@@H]1C(=O)N(C(=O)N(C)Cc2ccc(-c3ccccc3)cc2)C1C(=O)O. The Morgan fingerprint density at radius 2 is 1.75 bits per heavy atom. The fraction of sp³-hybridized carbons (Fsp3) is 0.292. The average Bonchev–Trinajstić information content (AvgIpc) is 2.77. The molecular formula is C24H28N4O4. The number of nitrogens with zero attached hydrogens (tertiary/aromatic N) is 2. The summed E-state index contributed by atoms with van der Waals surface area (Å²) < 4.78 is 0. The minimum Gasteiger partial charge on any atom is -0.480 e. The Kier molecular flexibility index (Phi) is 7.14. The second kappa shape index (κ2) is 10.00. The second-order valence-corrected chi connectivity index (χ2v) is 7.89. The smallest absolute Gasteiger partial charge is 0.327 e. The van der Waals surface area contributed by atoms with Crippen LogP contribution in [0.1, 0.15) is 18.4 Å². The zero-order valence-corrected chi connectivity index (χ0v) is 18.0. The van der Waals surface area contributed by atoms with Crippen molar-refractivity contribution in [3.05, 3.63) is 72.6 Å². The maximum Gasteiger partial charge on any atom is 0.327 e. The van der Waals surface area contributed by atoms with Gasteiger partial charge in [0.2, 0.25) is 5.91 Å². The van der Waals surface area contributed by atoms with Gasteiger partial charge in [-0.1, -0.05) is 61.2 Å². The van der Waals surface area contributed by atoms with Crippen LogP contribution in [0.5, 0.6) is 0 Å². The zero-order valence-electron chi connectivity index (χ0n) is 18.0. The lowest BCUT2D eigenvalue weighted by molar-refractivity contribution is -0.166. The normalized spacial score (nSPS) is 17.4. The number of amides is 3. The number of β-lactam (4-membered cyclic amide) rings is 1. The van der Waals surface area contributed by atoms with Crippen molar-refractivity contribution in [3.63, 3.8) is 0 Å². The van der Waals surface area contributed by atoms with E-state index in [0.717, 1.165) is 21.6 Å². The molecule has 0 aliphatic carbocycles. The molecule has 0 radical (unpaired) electrons. The number of urea groups is 1. The molecule has 168 valence electrons. The van der Waals surface area contributed by atoms with E-state index in [-0.39, 0.29) is 6.54 Å². The van der Waals surface area contributed by atoms with E-state index in [4.69, 9.17) is 5.73 Å². The quantitative estimate of drug-likeness (QED) is 0.411. The van der Waals surface area contributed by atoms with E-state index < -0.39 is 29.9 Å². The fourth-order valence-electron chi connectivity index (χ4n) is 3.86. The van der Waals surface area contributed by atoms with Gasteiger partial charge in [-0.05, 0) is 29.5 Å². The lowest BCUT2D eigenvalue weighted by Crippen LogP contribution is -2.68. The number of imide groups is 1. The molecule has 1 fully saturated rings. The molecule has 1 saturated heterocycles. The monoisotopic (exact) mass is 436 g/mol. The summed E-state index contributed by atoms with van der Waals surface area (Å²) in [6.07, 6.45) is 0.895. The summed E-state index contributed by atoms with van der Waals surface area (Å²) in [5, 5.41) is 12.4. The van der Waals surface area contributed by atoms with Crippen LogP contribution in [0.3, 0.4) is 0 Å². The van der Waals surface area contributed by atoms with E-state index in [2.05, 4.69) is 11.9 Å². The van der Waals surface area contributed by atoms with Crippen LogP contribution in [0.4, 0.5) is 4.79 Å².